The van der Waals surface area contributed by atoms with Gasteiger partial charge in [0.1, 0.15) is 0 Å². The van der Waals surface area contributed by atoms with Gasteiger partial charge in [-0.05, 0) is 59.1 Å². The third-order valence-corrected chi connectivity index (χ3v) is 5.38. The van der Waals surface area contributed by atoms with Gasteiger partial charge in [-0.15, -0.1) is 0 Å². The predicted molar refractivity (Wildman–Crippen MR) is 120 cm³/mol. The first-order valence-corrected chi connectivity index (χ1v) is 10.4. The third kappa shape index (κ3) is 5.05. The highest BCUT2D eigenvalue weighted by Crippen LogP contribution is 2.38. The van der Waals surface area contributed by atoms with E-state index in [2.05, 4.69) is 20.9 Å². The number of nitro groups is 1. The number of hydrogen-bond acceptors (Lipinski definition) is 7. The number of hydrogen-bond donors (Lipinski definition) is 0. The third-order valence-electron chi connectivity index (χ3n) is 4.46. The van der Waals surface area contributed by atoms with Crippen LogP contribution in [0.1, 0.15) is 31.4 Å². The molecule has 8 nitrogen and oxygen atoms in total. The summed E-state index contributed by atoms with van der Waals surface area (Å²) < 4.78 is 17.2. The molecule has 0 radical (unpaired) electrons. The Morgan fingerprint density at radius 2 is 2.10 bits per heavy atom. The van der Waals surface area contributed by atoms with Crippen LogP contribution in [0.5, 0.6) is 11.5 Å². The molecule has 1 atom stereocenters. The summed E-state index contributed by atoms with van der Waals surface area (Å²) in [5, 5.41) is 11.2. The van der Waals surface area contributed by atoms with Crippen LogP contribution in [-0.4, -0.2) is 30.0 Å². The highest BCUT2D eigenvalue weighted by molar-refractivity contribution is 9.10. The summed E-state index contributed by atoms with van der Waals surface area (Å²) in [5.41, 5.74) is 0.592. The van der Waals surface area contributed by atoms with Crippen molar-refractivity contribution in [2.75, 3.05) is 7.11 Å². The fourth-order valence-electron chi connectivity index (χ4n) is 2.69. The molecule has 0 fully saturated rings. The molecule has 1 aliphatic rings. The maximum absolute atomic E-state index is 12.3. The highest BCUT2D eigenvalue weighted by Gasteiger charge is 2.27. The number of carbonyl (C=O) groups is 1. The van der Waals surface area contributed by atoms with Gasteiger partial charge in [-0.3, -0.25) is 10.1 Å². The number of benzene rings is 2. The highest BCUT2D eigenvalue weighted by atomic mass is 79.9. The molecule has 0 amide bonds. The van der Waals surface area contributed by atoms with Crippen LogP contribution >= 0.6 is 27.5 Å². The van der Waals surface area contributed by atoms with E-state index in [-0.39, 0.29) is 34.0 Å². The Morgan fingerprint density at radius 3 is 2.74 bits per heavy atom. The Morgan fingerprint density at radius 1 is 1.35 bits per heavy atom. The predicted octanol–water partition coefficient (Wildman–Crippen LogP) is 5.54. The van der Waals surface area contributed by atoms with Gasteiger partial charge in [0.2, 0.25) is 5.90 Å². The number of esters is 1. The maximum atomic E-state index is 12.3. The van der Waals surface area contributed by atoms with Crippen molar-refractivity contribution in [3.05, 3.63) is 66.8 Å². The van der Waals surface area contributed by atoms with Crippen LogP contribution in [0.2, 0.25) is 5.02 Å². The van der Waals surface area contributed by atoms with Crippen molar-refractivity contribution in [1.29, 1.82) is 0 Å². The van der Waals surface area contributed by atoms with Crippen molar-refractivity contribution in [1.82, 2.24) is 0 Å². The van der Waals surface area contributed by atoms with Gasteiger partial charge in [0.15, 0.2) is 17.2 Å². The van der Waals surface area contributed by atoms with Crippen LogP contribution in [0.25, 0.3) is 6.08 Å². The summed E-state index contributed by atoms with van der Waals surface area (Å²) >= 11 is 9.59. The first-order valence-electron chi connectivity index (χ1n) is 9.24. The average molecular weight is 510 g/mol. The lowest BCUT2D eigenvalue weighted by molar-refractivity contribution is -0.384. The van der Waals surface area contributed by atoms with Gasteiger partial charge < -0.3 is 14.2 Å². The molecule has 0 aliphatic carbocycles. The smallest absolute Gasteiger partial charge is 0.363 e. The Balaban J connectivity index is 1.98. The molecule has 0 bridgehead atoms. The van der Waals surface area contributed by atoms with Gasteiger partial charge in [0, 0.05) is 12.1 Å². The largest absolute Gasteiger partial charge is 0.493 e. The van der Waals surface area contributed by atoms with Gasteiger partial charge in [0.25, 0.3) is 5.69 Å². The van der Waals surface area contributed by atoms with Gasteiger partial charge in [0.05, 0.1) is 33.2 Å². The number of cyclic esters (lactones) is 1. The van der Waals surface area contributed by atoms with Crippen molar-refractivity contribution in [2.24, 2.45) is 4.99 Å². The molecule has 0 spiro atoms. The molecule has 2 aromatic carbocycles. The number of nitro benzene ring substituents is 1. The number of rotatable bonds is 7. The zero-order valence-corrected chi connectivity index (χ0v) is 19.2. The average Bonchev–Trinajstić information content (AvgIpc) is 3.09. The SMILES string of the molecule is CCC(C)Oc1c(Br)cc(/C=C2\N=C(c3cc([N+](=O)[O-])ccc3Cl)OC2=O)cc1OC. The molecule has 1 unspecified atom stereocenters. The summed E-state index contributed by atoms with van der Waals surface area (Å²) in [4.78, 5) is 27.0. The molecular weight excluding hydrogens is 492 g/mol. The van der Waals surface area contributed by atoms with E-state index >= 15 is 0 Å². The lowest BCUT2D eigenvalue weighted by atomic mass is 10.1. The molecule has 2 aromatic rings. The minimum absolute atomic E-state index is 0.00829. The van der Waals surface area contributed by atoms with Crippen molar-refractivity contribution in [3.63, 3.8) is 0 Å². The first kappa shape index (κ1) is 22.8. The number of nitrogens with zero attached hydrogens (tertiary/aromatic N) is 2. The van der Waals surface area contributed by atoms with E-state index in [4.69, 9.17) is 25.8 Å². The van der Waals surface area contributed by atoms with E-state index in [0.29, 0.717) is 21.5 Å². The van der Waals surface area contributed by atoms with Crippen LogP contribution < -0.4 is 9.47 Å². The minimum Gasteiger partial charge on any atom is -0.493 e. The van der Waals surface area contributed by atoms with Gasteiger partial charge in [-0.2, -0.15) is 0 Å². The van der Waals surface area contributed by atoms with E-state index in [0.717, 1.165) is 6.42 Å². The molecule has 3 rings (SSSR count). The lowest BCUT2D eigenvalue weighted by Gasteiger charge is -2.17. The van der Waals surface area contributed by atoms with Crippen LogP contribution in [0.15, 0.2) is 45.5 Å². The molecular formula is C21H18BrClN2O6. The Hall–Kier alpha value is -2.91. The minimum atomic E-state index is -0.701. The van der Waals surface area contributed by atoms with Crippen molar-refractivity contribution >= 4 is 51.2 Å². The Labute approximate surface area is 191 Å². The Bertz CT molecular complexity index is 1120. The fraction of sp³-hybridized carbons (Fsp3) is 0.238. The van der Waals surface area contributed by atoms with E-state index in [1.54, 1.807) is 12.1 Å². The van der Waals surface area contributed by atoms with Crippen molar-refractivity contribution in [3.8, 4) is 11.5 Å². The molecule has 31 heavy (non-hydrogen) atoms. The van der Waals surface area contributed by atoms with Gasteiger partial charge in [-0.25, -0.2) is 9.79 Å². The van der Waals surface area contributed by atoms with E-state index in [1.807, 2.05) is 13.8 Å². The van der Waals surface area contributed by atoms with Gasteiger partial charge in [-0.1, -0.05) is 18.5 Å². The summed E-state index contributed by atoms with van der Waals surface area (Å²) in [5.74, 6) is 0.236. The number of methoxy groups -OCH3 is 1. The quantitative estimate of drug-likeness (QED) is 0.210. The van der Waals surface area contributed by atoms with E-state index < -0.39 is 10.9 Å². The van der Waals surface area contributed by atoms with Crippen molar-refractivity contribution in [2.45, 2.75) is 26.4 Å². The second kappa shape index (κ2) is 9.49. The van der Waals surface area contributed by atoms with Crippen LogP contribution in [0.4, 0.5) is 5.69 Å². The number of non-ortho nitro benzene ring substituents is 1. The summed E-state index contributed by atoms with van der Waals surface area (Å²) in [7, 11) is 1.52. The molecule has 0 aromatic heterocycles. The van der Waals surface area contributed by atoms with E-state index in [9.17, 15) is 14.9 Å². The monoisotopic (exact) mass is 508 g/mol. The molecule has 162 valence electrons. The lowest BCUT2D eigenvalue weighted by Crippen LogP contribution is -2.11. The summed E-state index contributed by atoms with van der Waals surface area (Å²) in [6.07, 6.45) is 2.33. The van der Waals surface area contributed by atoms with Crippen LogP contribution in [0, 0.1) is 10.1 Å². The molecule has 0 saturated carbocycles. The topological polar surface area (TPSA) is 100 Å². The van der Waals surface area contributed by atoms with Crippen LogP contribution in [-0.2, 0) is 9.53 Å². The molecule has 0 N–H and O–H groups in total. The molecule has 10 heteroatoms. The Kier molecular flexibility index (Phi) is 6.97. The van der Waals surface area contributed by atoms with E-state index in [1.165, 1.54) is 31.4 Å². The zero-order chi connectivity index (χ0) is 22.7. The maximum Gasteiger partial charge on any atom is 0.363 e. The number of carbonyl (C=O) groups excluding carboxylic acids is 1. The number of ether oxygens (including phenoxy) is 3. The fourth-order valence-corrected chi connectivity index (χ4v) is 3.45. The normalized spacial score (nSPS) is 15.5. The van der Waals surface area contributed by atoms with Crippen molar-refractivity contribution < 1.29 is 23.9 Å². The summed E-state index contributed by atoms with van der Waals surface area (Å²) in [6, 6.07) is 7.28. The molecule has 1 heterocycles. The zero-order valence-electron chi connectivity index (χ0n) is 16.8. The number of halogens is 2. The molecule has 1 aliphatic heterocycles. The number of aliphatic imine (C=N–C) groups is 1. The van der Waals surface area contributed by atoms with Gasteiger partial charge >= 0.3 is 5.97 Å². The standard InChI is InChI=1S/C21H18BrClN2O6/c1-4-11(2)30-19-15(22)7-12(9-18(19)29-3)8-17-21(26)31-20(24-17)14-10-13(25(27)28)5-6-16(14)23/h5-11H,4H2,1-3H3/b17-8-. The molecule has 0 saturated heterocycles. The van der Waals surface area contributed by atoms with Crippen LogP contribution in [0.3, 0.4) is 0 Å². The second-order valence-corrected chi connectivity index (χ2v) is 7.89. The summed E-state index contributed by atoms with van der Waals surface area (Å²) in [6.45, 7) is 3.96. The second-order valence-electron chi connectivity index (χ2n) is 6.63. The first-order chi connectivity index (χ1) is 14.7.